The van der Waals surface area contributed by atoms with E-state index in [-0.39, 0.29) is 6.04 Å². The van der Waals surface area contributed by atoms with Crippen LogP contribution >= 0.6 is 23.2 Å². The highest BCUT2D eigenvalue weighted by atomic mass is 35.5. The summed E-state index contributed by atoms with van der Waals surface area (Å²) in [5.41, 5.74) is 3.81. The number of halogens is 2. The lowest BCUT2D eigenvalue weighted by Crippen LogP contribution is -2.22. The van der Waals surface area contributed by atoms with Crippen LogP contribution in [0, 0.1) is 6.92 Å². The molecule has 0 amide bonds. The number of hydrogen-bond acceptors (Lipinski definition) is 1. The van der Waals surface area contributed by atoms with Crippen molar-refractivity contribution in [3.8, 4) is 0 Å². The molecule has 0 bridgehead atoms. The van der Waals surface area contributed by atoms with Crippen LogP contribution in [0.4, 0.5) is 0 Å². The second-order valence-corrected chi connectivity index (χ2v) is 6.00. The van der Waals surface area contributed by atoms with E-state index in [1.807, 2.05) is 12.1 Å². The van der Waals surface area contributed by atoms with Crippen molar-refractivity contribution < 1.29 is 0 Å². The average Bonchev–Trinajstić information content (AvgIpc) is 2.48. The van der Waals surface area contributed by atoms with E-state index in [2.05, 4.69) is 49.5 Å². The molecule has 1 nitrogen and oxygen atoms in total. The maximum atomic E-state index is 6.36. The van der Waals surface area contributed by atoms with Gasteiger partial charge in [-0.25, -0.2) is 0 Å². The van der Waals surface area contributed by atoms with Crippen LogP contribution in [-0.4, -0.2) is 6.54 Å². The quantitative estimate of drug-likeness (QED) is 0.731. The summed E-state index contributed by atoms with van der Waals surface area (Å²) >= 11 is 12.5. The van der Waals surface area contributed by atoms with E-state index in [0.29, 0.717) is 10.0 Å². The summed E-state index contributed by atoms with van der Waals surface area (Å²) in [6.07, 6.45) is 2.02. The maximum Gasteiger partial charge on any atom is 0.0640 e. The summed E-state index contributed by atoms with van der Waals surface area (Å²) in [5.74, 6) is 0. The first-order valence-electron chi connectivity index (χ1n) is 7.35. The van der Waals surface area contributed by atoms with Crippen molar-refractivity contribution in [2.75, 3.05) is 6.54 Å². The number of nitrogens with one attached hydrogen (secondary N) is 1. The molecular formula is C18H21Cl2N. The minimum absolute atomic E-state index is 0.223. The molecule has 1 atom stereocenters. The van der Waals surface area contributed by atoms with Gasteiger partial charge < -0.3 is 5.32 Å². The number of benzene rings is 2. The van der Waals surface area contributed by atoms with Crippen LogP contribution in [0.2, 0.25) is 10.0 Å². The third kappa shape index (κ3) is 4.23. The number of rotatable bonds is 6. The molecule has 1 N–H and O–H groups in total. The Morgan fingerprint density at radius 3 is 2.52 bits per heavy atom. The summed E-state index contributed by atoms with van der Waals surface area (Å²) in [5, 5.41) is 4.79. The van der Waals surface area contributed by atoms with Crippen molar-refractivity contribution in [1.29, 1.82) is 0 Å². The molecule has 0 saturated carbocycles. The van der Waals surface area contributed by atoms with Crippen LogP contribution in [0.3, 0.4) is 0 Å². The Kier molecular flexibility index (Phi) is 6.10. The van der Waals surface area contributed by atoms with E-state index in [1.54, 1.807) is 0 Å². The van der Waals surface area contributed by atoms with Crippen molar-refractivity contribution in [3.05, 3.63) is 69.2 Å². The summed E-state index contributed by atoms with van der Waals surface area (Å²) in [7, 11) is 0. The van der Waals surface area contributed by atoms with Gasteiger partial charge in [0.2, 0.25) is 0 Å². The van der Waals surface area contributed by atoms with Gasteiger partial charge in [0.05, 0.1) is 10.0 Å². The molecule has 21 heavy (non-hydrogen) atoms. The molecule has 0 radical (unpaired) electrons. The molecule has 0 aliphatic carbocycles. The molecule has 1 unspecified atom stereocenters. The van der Waals surface area contributed by atoms with E-state index in [4.69, 9.17) is 23.2 Å². The molecule has 0 aromatic heterocycles. The average molecular weight is 322 g/mol. The third-order valence-electron chi connectivity index (χ3n) is 3.77. The summed E-state index contributed by atoms with van der Waals surface area (Å²) in [6, 6.07) is 14.6. The molecule has 0 saturated heterocycles. The molecule has 2 aromatic rings. The molecule has 2 rings (SSSR count). The maximum absolute atomic E-state index is 6.36. The third-order valence-corrected chi connectivity index (χ3v) is 4.60. The number of aryl methyl sites for hydroxylation is 2. The molecule has 0 spiro atoms. The van der Waals surface area contributed by atoms with E-state index >= 15 is 0 Å². The monoisotopic (exact) mass is 321 g/mol. The Bertz CT molecular complexity index is 596. The zero-order valence-electron chi connectivity index (χ0n) is 12.5. The van der Waals surface area contributed by atoms with E-state index < -0.39 is 0 Å². The van der Waals surface area contributed by atoms with Crippen molar-refractivity contribution in [1.82, 2.24) is 5.32 Å². The minimum atomic E-state index is 0.223. The van der Waals surface area contributed by atoms with Gasteiger partial charge in [0.15, 0.2) is 0 Å². The molecule has 112 valence electrons. The molecule has 2 aromatic carbocycles. The summed E-state index contributed by atoms with van der Waals surface area (Å²) < 4.78 is 0. The highest BCUT2D eigenvalue weighted by Crippen LogP contribution is 2.32. The van der Waals surface area contributed by atoms with Gasteiger partial charge in [0, 0.05) is 6.04 Å². The van der Waals surface area contributed by atoms with Gasteiger partial charge in [-0.3, -0.25) is 0 Å². The Hall–Kier alpha value is -1.02. The van der Waals surface area contributed by atoms with Crippen molar-refractivity contribution in [3.63, 3.8) is 0 Å². The zero-order chi connectivity index (χ0) is 15.2. The molecule has 0 aliphatic rings. The molecule has 0 fully saturated rings. The molecule has 0 aliphatic heterocycles. The fourth-order valence-electron chi connectivity index (χ4n) is 2.59. The normalized spacial score (nSPS) is 12.4. The van der Waals surface area contributed by atoms with Crippen molar-refractivity contribution in [2.24, 2.45) is 0 Å². The smallest absolute Gasteiger partial charge is 0.0640 e. The highest BCUT2D eigenvalue weighted by molar-refractivity contribution is 6.42. The predicted molar refractivity (Wildman–Crippen MR) is 92.4 cm³/mol. The predicted octanol–water partition coefficient (Wildman–Crippen LogP) is 5.59. The first kappa shape index (κ1) is 16.4. The highest BCUT2D eigenvalue weighted by Gasteiger charge is 2.15. The lowest BCUT2D eigenvalue weighted by molar-refractivity contribution is 0.515. The van der Waals surface area contributed by atoms with Gasteiger partial charge in [-0.05, 0) is 49.1 Å². The minimum Gasteiger partial charge on any atom is -0.310 e. The largest absolute Gasteiger partial charge is 0.310 e. The number of hydrogen-bond donors (Lipinski definition) is 1. The van der Waals surface area contributed by atoms with Gasteiger partial charge in [-0.15, -0.1) is 0 Å². The van der Waals surface area contributed by atoms with Crippen LogP contribution in [-0.2, 0) is 6.42 Å². The second-order valence-electron chi connectivity index (χ2n) is 5.22. The lowest BCUT2D eigenvalue weighted by Gasteiger charge is -2.20. The fourth-order valence-corrected chi connectivity index (χ4v) is 3.03. The van der Waals surface area contributed by atoms with Gasteiger partial charge in [0.1, 0.15) is 0 Å². The van der Waals surface area contributed by atoms with E-state index in [1.165, 1.54) is 11.1 Å². The first-order valence-corrected chi connectivity index (χ1v) is 8.11. The molecular weight excluding hydrogens is 301 g/mol. The standard InChI is InChI=1S/C18H21Cl2N/c1-3-21-17(15-9-6-10-16(19)18(15)20)12-11-14-8-5-4-7-13(14)2/h4-10,17,21H,3,11-12H2,1-2H3. The van der Waals surface area contributed by atoms with Gasteiger partial charge in [-0.1, -0.05) is 66.5 Å². The van der Waals surface area contributed by atoms with Crippen LogP contribution in [0.5, 0.6) is 0 Å². The van der Waals surface area contributed by atoms with Crippen LogP contribution in [0.15, 0.2) is 42.5 Å². The Morgan fingerprint density at radius 2 is 1.81 bits per heavy atom. The summed E-state index contributed by atoms with van der Waals surface area (Å²) in [4.78, 5) is 0. The molecule has 3 heteroatoms. The lowest BCUT2D eigenvalue weighted by atomic mass is 9.96. The fraction of sp³-hybridized carbons (Fsp3) is 0.333. The van der Waals surface area contributed by atoms with Gasteiger partial charge >= 0.3 is 0 Å². The van der Waals surface area contributed by atoms with Crippen LogP contribution < -0.4 is 5.32 Å². The topological polar surface area (TPSA) is 12.0 Å². The van der Waals surface area contributed by atoms with Crippen molar-refractivity contribution in [2.45, 2.75) is 32.7 Å². The Morgan fingerprint density at radius 1 is 1.05 bits per heavy atom. The van der Waals surface area contributed by atoms with E-state index in [0.717, 1.165) is 24.9 Å². The molecule has 0 heterocycles. The van der Waals surface area contributed by atoms with Crippen molar-refractivity contribution >= 4 is 23.2 Å². The van der Waals surface area contributed by atoms with E-state index in [9.17, 15) is 0 Å². The zero-order valence-corrected chi connectivity index (χ0v) is 14.0. The Balaban J connectivity index is 2.16. The van der Waals surface area contributed by atoms with Gasteiger partial charge in [0.25, 0.3) is 0 Å². The SMILES string of the molecule is CCNC(CCc1ccccc1C)c1cccc(Cl)c1Cl. The van der Waals surface area contributed by atoms with Crippen LogP contribution in [0.1, 0.15) is 36.1 Å². The first-order chi connectivity index (χ1) is 10.1. The van der Waals surface area contributed by atoms with Crippen LogP contribution in [0.25, 0.3) is 0 Å². The Labute approximate surface area is 137 Å². The second kappa shape index (κ2) is 7.84. The summed E-state index contributed by atoms with van der Waals surface area (Å²) in [6.45, 7) is 5.17. The van der Waals surface area contributed by atoms with Gasteiger partial charge in [-0.2, -0.15) is 0 Å².